The highest BCUT2D eigenvalue weighted by Crippen LogP contribution is 2.31. The van der Waals surface area contributed by atoms with E-state index in [0.717, 1.165) is 43.2 Å². The molecule has 1 unspecified atom stereocenters. The lowest BCUT2D eigenvalue weighted by molar-refractivity contribution is -0.137. The zero-order valence-corrected chi connectivity index (χ0v) is 21.9. The number of nitrogens with zero attached hydrogens (tertiary/aromatic N) is 5. The number of likely N-dealkylation sites (tertiary alicyclic amines) is 1. The first-order chi connectivity index (χ1) is 18.5. The molecule has 0 bridgehead atoms. The van der Waals surface area contributed by atoms with Gasteiger partial charge in [-0.2, -0.15) is 0 Å². The van der Waals surface area contributed by atoms with E-state index in [9.17, 15) is 19.2 Å². The van der Waals surface area contributed by atoms with Crippen molar-refractivity contribution in [2.75, 3.05) is 50.7 Å². The number of hydrazine groups is 1. The van der Waals surface area contributed by atoms with Crippen molar-refractivity contribution in [3.05, 3.63) is 40.5 Å². The molecule has 5 amide bonds. The fourth-order valence-corrected chi connectivity index (χ4v) is 6.03. The van der Waals surface area contributed by atoms with E-state index < -0.39 is 17.7 Å². The van der Waals surface area contributed by atoms with Crippen molar-refractivity contribution in [1.29, 1.82) is 0 Å². The molecule has 2 aromatic heterocycles. The van der Waals surface area contributed by atoms with Gasteiger partial charge in [0.1, 0.15) is 17.4 Å². The second-order valence-corrected chi connectivity index (χ2v) is 10.6. The molecule has 0 aromatic carbocycles. The molecule has 3 saturated heterocycles. The van der Waals surface area contributed by atoms with Crippen molar-refractivity contribution in [2.45, 2.75) is 31.6 Å². The number of carbonyl (C=O) groups is 4. The Morgan fingerprint density at radius 1 is 0.974 bits per heavy atom. The topological polar surface area (TPSA) is 140 Å². The normalized spacial score (nSPS) is 20.6. The van der Waals surface area contributed by atoms with Crippen LogP contribution in [0, 0.1) is 5.92 Å². The predicted molar refractivity (Wildman–Crippen MR) is 140 cm³/mol. The molecule has 12 nitrogen and oxygen atoms in total. The van der Waals surface area contributed by atoms with E-state index >= 15 is 0 Å². The fourth-order valence-electron chi connectivity index (χ4n) is 5.06. The zero-order chi connectivity index (χ0) is 26.5. The number of rotatable bonds is 4. The summed E-state index contributed by atoms with van der Waals surface area (Å²) in [6.07, 6.45) is 4.52. The van der Waals surface area contributed by atoms with Crippen LogP contribution in [0.5, 0.6) is 0 Å². The number of urea groups is 1. The maximum absolute atomic E-state index is 13.1. The monoisotopic (exact) mass is 540 g/mol. The van der Waals surface area contributed by atoms with Gasteiger partial charge in [-0.3, -0.25) is 25.2 Å². The van der Waals surface area contributed by atoms with E-state index in [4.69, 9.17) is 0 Å². The van der Waals surface area contributed by atoms with Gasteiger partial charge in [0, 0.05) is 63.3 Å². The van der Waals surface area contributed by atoms with Crippen LogP contribution in [0.4, 0.5) is 10.6 Å². The maximum Gasteiger partial charge on any atom is 0.320 e. The van der Waals surface area contributed by atoms with E-state index in [1.54, 1.807) is 11.6 Å². The van der Waals surface area contributed by atoms with Gasteiger partial charge in [-0.1, -0.05) is 6.07 Å². The van der Waals surface area contributed by atoms with Crippen LogP contribution in [0.15, 0.2) is 29.8 Å². The van der Waals surface area contributed by atoms with Crippen molar-refractivity contribution in [3.8, 4) is 0 Å². The number of amides is 5. The highest BCUT2D eigenvalue weighted by atomic mass is 32.1. The molecule has 13 heteroatoms. The molecular weight excluding hydrogens is 508 g/mol. The maximum atomic E-state index is 13.1. The third-order valence-electron chi connectivity index (χ3n) is 7.29. The number of anilines is 1. The highest BCUT2D eigenvalue weighted by molar-refractivity contribution is 7.09. The number of carbonyl (C=O) groups excluding carboxylic acids is 4. The minimum absolute atomic E-state index is 0.0747. The number of hydrogen-bond acceptors (Lipinski definition) is 8. The summed E-state index contributed by atoms with van der Waals surface area (Å²) in [5.41, 5.74) is 4.93. The lowest BCUT2D eigenvalue weighted by Crippen LogP contribution is -2.54. The van der Waals surface area contributed by atoms with Crippen molar-refractivity contribution >= 4 is 40.9 Å². The van der Waals surface area contributed by atoms with Gasteiger partial charge < -0.3 is 20.0 Å². The zero-order valence-electron chi connectivity index (χ0n) is 21.1. The minimum atomic E-state index is -0.798. The van der Waals surface area contributed by atoms with Gasteiger partial charge in [-0.15, -0.1) is 11.3 Å². The summed E-state index contributed by atoms with van der Waals surface area (Å²) in [5, 5.41) is 5.17. The van der Waals surface area contributed by atoms with Crippen LogP contribution in [0.3, 0.4) is 0 Å². The smallest absolute Gasteiger partial charge is 0.320 e. The number of hydrogen-bond donors (Lipinski definition) is 3. The van der Waals surface area contributed by atoms with Crippen molar-refractivity contribution in [2.24, 2.45) is 5.92 Å². The molecular formula is C25H32N8O4S. The molecule has 202 valence electrons. The SMILES string of the molecule is O=C(NNC(=O)C1CCCNC1=O)c1csc(C2CCN(C(=O)N3CCN(c4ccccn4)CC3)CC2)n1. The summed E-state index contributed by atoms with van der Waals surface area (Å²) >= 11 is 1.41. The van der Waals surface area contributed by atoms with Crippen molar-refractivity contribution in [3.63, 3.8) is 0 Å². The van der Waals surface area contributed by atoms with E-state index in [-0.39, 0.29) is 23.6 Å². The molecule has 3 fully saturated rings. The van der Waals surface area contributed by atoms with Gasteiger partial charge in [0.2, 0.25) is 5.91 Å². The second-order valence-electron chi connectivity index (χ2n) is 9.71. The fraction of sp³-hybridized carbons (Fsp3) is 0.520. The summed E-state index contributed by atoms with van der Waals surface area (Å²) in [7, 11) is 0. The molecule has 5 heterocycles. The highest BCUT2D eigenvalue weighted by Gasteiger charge is 2.31. The third kappa shape index (κ3) is 5.87. The Balaban J connectivity index is 1.06. The number of piperidine rings is 2. The van der Waals surface area contributed by atoms with Crippen LogP contribution in [0.25, 0.3) is 0 Å². The molecule has 38 heavy (non-hydrogen) atoms. The van der Waals surface area contributed by atoms with Crippen LogP contribution >= 0.6 is 11.3 Å². The first kappa shape index (κ1) is 25.9. The summed E-state index contributed by atoms with van der Waals surface area (Å²) < 4.78 is 0. The lowest BCUT2D eigenvalue weighted by Gasteiger charge is -2.39. The Kier molecular flexibility index (Phi) is 8.01. The summed E-state index contributed by atoms with van der Waals surface area (Å²) in [5.74, 6) is -1.05. The number of aromatic nitrogens is 2. The molecule has 1 atom stereocenters. The molecule has 0 spiro atoms. The van der Waals surface area contributed by atoms with Crippen LogP contribution in [-0.4, -0.2) is 89.3 Å². The van der Waals surface area contributed by atoms with Gasteiger partial charge in [0.05, 0.1) is 5.01 Å². The van der Waals surface area contributed by atoms with Gasteiger partial charge in [0.25, 0.3) is 11.8 Å². The van der Waals surface area contributed by atoms with Crippen molar-refractivity contribution in [1.82, 2.24) is 35.9 Å². The molecule has 3 aliphatic rings. The van der Waals surface area contributed by atoms with Crippen LogP contribution in [-0.2, 0) is 9.59 Å². The van der Waals surface area contributed by atoms with Crippen LogP contribution in [0.1, 0.15) is 47.1 Å². The quantitative estimate of drug-likeness (QED) is 0.387. The Bertz CT molecular complexity index is 1160. The largest absolute Gasteiger partial charge is 0.355 e. The molecule has 5 rings (SSSR count). The Hall–Kier alpha value is -3.74. The van der Waals surface area contributed by atoms with Gasteiger partial charge >= 0.3 is 6.03 Å². The van der Waals surface area contributed by atoms with E-state index in [0.29, 0.717) is 39.1 Å². The van der Waals surface area contributed by atoms with E-state index in [1.807, 2.05) is 28.0 Å². The lowest BCUT2D eigenvalue weighted by atomic mass is 9.98. The van der Waals surface area contributed by atoms with E-state index in [2.05, 4.69) is 31.0 Å². The summed E-state index contributed by atoms with van der Waals surface area (Å²) in [6, 6.07) is 5.93. The van der Waals surface area contributed by atoms with Crippen molar-refractivity contribution < 1.29 is 19.2 Å². The number of thiazole rings is 1. The molecule has 2 aromatic rings. The Labute approximate surface area is 224 Å². The standard InChI is InChI=1S/C25H32N8O4S/c34-21-18(4-3-9-27-21)22(35)29-30-23(36)19-16-38-24(28-19)17-6-10-32(11-7-17)25(37)33-14-12-31(13-15-33)20-5-1-2-8-26-20/h1-2,5,8,16-18H,3-4,6-7,9-15H2,(H,27,34)(H,29,35)(H,30,36). The van der Waals surface area contributed by atoms with Gasteiger partial charge in [-0.05, 0) is 37.8 Å². The molecule has 3 N–H and O–H groups in total. The summed E-state index contributed by atoms with van der Waals surface area (Å²) in [4.78, 5) is 64.5. The molecule has 0 saturated carbocycles. The van der Waals surface area contributed by atoms with E-state index in [1.165, 1.54) is 11.3 Å². The third-order valence-corrected chi connectivity index (χ3v) is 8.30. The number of piperazine rings is 1. The first-order valence-corrected chi connectivity index (χ1v) is 13.9. The predicted octanol–water partition coefficient (Wildman–Crippen LogP) is 0.947. The minimum Gasteiger partial charge on any atom is -0.355 e. The first-order valence-electron chi connectivity index (χ1n) is 13.0. The Morgan fingerprint density at radius 2 is 1.74 bits per heavy atom. The average molecular weight is 541 g/mol. The molecule has 3 aliphatic heterocycles. The average Bonchev–Trinajstić information content (AvgIpc) is 3.47. The number of pyridine rings is 1. The van der Waals surface area contributed by atoms with Crippen LogP contribution in [0.2, 0.25) is 0 Å². The van der Waals surface area contributed by atoms with Gasteiger partial charge in [0.15, 0.2) is 0 Å². The van der Waals surface area contributed by atoms with Gasteiger partial charge in [-0.25, -0.2) is 14.8 Å². The summed E-state index contributed by atoms with van der Waals surface area (Å²) in [6.45, 7) is 4.71. The molecule has 0 radical (unpaired) electrons. The number of nitrogens with one attached hydrogen (secondary N) is 3. The molecule has 0 aliphatic carbocycles. The van der Waals surface area contributed by atoms with Crippen LogP contribution < -0.4 is 21.1 Å². The Morgan fingerprint density at radius 3 is 2.45 bits per heavy atom. The second kappa shape index (κ2) is 11.8.